The van der Waals surface area contributed by atoms with Crippen molar-refractivity contribution in [1.82, 2.24) is 4.90 Å². The minimum absolute atomic E-state index is 0.0758. The molecular weight excluding hydrogens is 202 g/mol. The van der Waals surface area contributed by atoms with Gasteiger partial charge < -0.3 is 15.3 Å². The molecule has 0 aliphatic carbocycles. The SMILES string of the molecule is CCCC(O)CN(CC(=O)O)CC(=O)O. The van der Waals surface area contributed by atoms with E-state index in [1.807, 2.05) is 6.92 Å². The summed E-state index contributed by atoms with van der Waals surface area (Å²) in [6.07, 6.45) is 0.638. The second-order valence-corrected chi connectivity index (χ2v) is 3.40. The third-order valence-corrected chi connectivity index (χ3v) is 1.81. The molecule has 0 bridgehead atoms. The summed E-state index contributed by atoms with van der Waals surface area (Å²) in [4.78, 5) is 22.0. The molecule has 0 amide bonds. The number of nitrogens with zero attached hydrogens (tertiary/aromatic N) is 1. The Kier molecular flexibility index (Phi) is 6.64. The average molecular weight is 219 g/mol. The Balaban J connectivity index is 4.10. The highest BCUT2D eigenvalue weighted by Crippen LogP contribution is 2.00. The molecule has 0 radical (unpaired) electrons. The van der Waals surface area contributed by atoms with Crippen molar-refractivity contribution in [2.75, 3.05) is 19.6 Å². The van der Waals surface area contributed by atoms with Crippen LogP contribution in [0.2, 0.25) is 0 Å². The van der Waals surface area contributed by atoms with Crippen LogP contribution in [0.3, 0.4) is 0 Å². The average Bonchev–Trinajstić information content (AvgIpc) is 2.00. The maximum atomic E-state index is 10.4. The monoisotopic (exact) mass is 219 g/mol. The molecule has 0 saturated heterocycles. The molecule has 88 valence electrons. The molecule has 0 spiro atoms. The molecule has 6 nitrogen and oxygen atoms in total. The molecular formula is C9H17NO5. The van der Waals surface area contributed by atoms with Crippen LogP contribution in [-0.4, -0.2) is 57.9 Å². The molecule has 1 atom stereocenters. The smallest absolute Gasteiger partial charge is 0.317 e. The number of carbonyl (C=O) groups is 2. The van der Waals surface area contributed by atoms with Crippen LogP contribution in [-0.2, 0) is 9.59 Å². The number of aliphatic carboxylic acids is 2. The summed E-state index contributed by atoms with van der Waals surface area (Å²) in [7, 11) is 0. The fraction of sp³-hybridized carbons (Fsp3) is 0.778. The first kappa shape index (κ1) is 13.9. The van der Waals surface area contributed by atoms with E-state index < -0.39 is 18.0 Å². The van der Waals surface area contributed by atoms with Crippen LogP contribution in [0.5, 0.6) is 0 Å². The van der Waals surface area contributed by atoms with Gasteiger partial charge in [0.05, 0.1) is 19.2 Å². The lowest BCUT2D eigenvalue weighted by molar-refractivity contribution is -0.142. The van der Waals surface area contributed by atoms with Gasteiger partial charge in [-0.15, -0.1) is 0 Å². The Morgan fingerprint density at radius 2 is 1.67 bits per heavy atom. The van der Waals surface area contributed by atoms with Gasteiger partial charge in [-0.1, -0.05) is 13.3 Å². The zero-order valence-corrected chi connectivity index (χ0v) is 8.72. The first-order chi connectivity index (χ1) is 6.95. The van der Waals surface area contributed by atoms with Gasteiger partial charge in [-0.2, -0.15) is 0 Å². The van der Waals surface area contributed by atoms with Crippen molar-refractivity contribution >= 4 is 11.9 Å². The van der Waals surface area contributed by atoms with Crippen molar-refractivity contribution in [3.8, 4) is 0 Å². The molecule has 6 heteroatoms. The van der Waals surface area contributed by atoms with Crippen LogP contribution in [0.1, 0.15) is 19.8 Å². The van der Waals surface area contributed by atoms with E-state index in [0.29, 0.717) is 6.42 Å². The molecule has 0 saturated carbocycles. The van der Waals surface area contributed by atoms with Crippen LogP contribution in [0.4, 0.5) is 0 Å². The van der Waals surface area contributed by atoms with Gasteiger partial charge in [0.2, 0.25) is 0 Å². The zero-order valence-electron chi connectivity index (χ0n) is 8.72. The first-order valence-electron chi connectivity index (χ1n) is 4.79. The third-order valence-electron chi connectivity index (χ3n) is 1.81. The summed E-state index contributed by atoms with van der Waals surface area (Å²) in [6.45, 7) is 1.23. The van der Waals surface area contributed by atoms with E-state index in [2.05, 4.69) is 0 Å². The highest BCUT2D eigenvalue weighted by molar-refractivity contribution is 5.72. The van der Waals surface area contributed by atoms with E-state index in [9.17, 15) is 14.7 Å². The number of rotatable bonds is 8. The quantitative estimate of drug-likeness (QED) is 0.514. The van der Waals surface area contributed by atoms with Gasteiger partial charge in [0.1, 0.15) is 0 Å². The van der Waals surface area contributed by atoms with Crippen LogP contribution in [0.15, 0.2) is 0 Å². The number of carboxylic acids is 2. The number of carboxylic acid groups (broad SMARTS) is 2. The normalized spacial score (nSPS) is 12.7. The minimum Gasteiger partial charge on any atom is -0.480 e. The minimum atomic E-state index is -1.10. The van der Waals surface area contributed by atoms with Gasteiger partial charge in [0, 0.05) is 6.54 Å². The van der Waals surface area contributed by atoms with Crippen LogP contribution in [0, 0.1) is 0 Å². The van der Waals surface area contributed by atoms with E-state index in [1.165, 1.54) is 4.90 Å². The molecule has 0 aromatic rings. The molecule has 0 heterocycles. The Morgan fingerprint density at radius 1 is 1.20 bits per heavy atom. The van der Waals surface area contributed by atoms with Crippen LogP contribution >= 0.6 is 0 Å². The summed E-state index contributed by atoms with van der Waals surface area (Å²) >= 11 is 0. The molecule has 0 rings (SSSR count). The van der Waals surface area contributed by atoms with Crippen molar-refractivity contribution in [1.29, 1.82) is 0 Å². The third kappa shape index (κ3) is 7.90. The van der Waals surface area contributed by atoms with Crippen LogP contribution < -0.4 is 0 Å². The number of hydrogen-bond donors (Lipinski definition) is 3. The molecule has 0 fully saturated rings. The van der Waals surface area contributed by atoms with Gasteiger partial charge in [0.25, 0.3) is 0 Å². The largest absolute Gasteiger partial charge is 0.480 e. The van der Waals surface area contributed by atoms with Crippen LogP contribution in [0.25, 0.3) is 0 Å². The summed E-state index contributed by atoms with van der Waals surface area (Å²) in [6, 6.07) is 0. The molecule has 0 aromatic heterocycles. The number of aliphatic hydroxyl groups excluding tert-OH is 1. The topological polar surface area (TPSA) is 98.1 Å². The van der Waals surface area contributed by atoms with Gasteiger partial charge in [-0.25, -0.2) is 0 Å². The molecule has 1 unspecified atom stereocenters. The number of aliphatic hydroxyl groups is 1. The highest BCUT2D eigenvalue weighted by Gasteiger charge is 2.16. The van der Waals surface area contributed by atoms with Crippen molar-refractivity contribution in [2.24, 2.45) is 0 Å². The fourth-order valence-corrected chi connectivity index (χ4v) is 1.29. The molecule has 0 aromatic carbocycles. The Morgan fingerprint density at radius 3 is 2.00 bits per heavy atom. The zero-order chi connectivity index (χ0) is 11.8. The van der Waals surface area contributed by atoms with Crippen molar-refractivity contribution in [2.45, 2.75) is 25.9 Å². The fourth-order valence-electron chi connectivity index (χ4n) is 1.29. The lowest BCUT2D eigenvalue weighted by atomic mass is 10.2. The standard InChI is InChI=1S/C9H17NO5/c1-2-3-7(11)4-10(5-8(12)13)6-9(14)15/h7,11H,2-6H2,1H3,(H,12,13)(H,14,15). The second kappa shape index (κ2) is 7.19. The number of hydrogen-bond acceptors (Lipinski definition) is 4. The Hall–Kier alpha value is -1.14. The molecule has 15 heavy (non-hydrogen) atoms. The molecule has 3 N–H and O–H groups in total. The maximum absolute atomic E-state index is 10.4. The summed E-state index contributed by atoms with van der Waals surface area (Å²) in [5.41, 5.74) is 0. The Labute approximate surface area is 88.1 Å². The van der Waals surface area contributed by atoms with E-state index >= 15 is 0 Å². The second-order valence-electron chi connectivity index (χ2n) is 3.40. The van der Waals surface area contributed by atoms with E-state index in [-0.39, 0.29) is 19.6 Å². The molecule has 0 aliphatic heterocycles. The summed E-state index contributed by atoms with van der Waals surface area (Å²) < 4.78 is 0. The predicted molar refractivity (Wildman–Crippen MR) is 52.6 cm³/mol. The molecule has 0 aliphatic rings. The van der Waals surface area contributed by atoms with Gasteiger partial charge in [-0.05, 0) is 6.42 Å². The van der Waals surface area contributed by atoms with Gasteiger partial charge >= 0.3 is 11.9 Å². The highest BCUT2D eigenvalue weighted by atomic mass is 16.4. The van der Waals surface area contributed by atoms with E-state index in [4.69, 9.17) is 10.2 Å². The van der Waals surface area contributed by atoms with Crippen molar-refractivity contribution < 1.29 is 24.9 Å². The lowest BCUT2D eigenvalue weighted by Crippen LogP contribution is -2.39. The van der Waals surface area contributed by atoms with E-state index in [1.54, 1.807) is 0 Å². The van der Waals surface area contributed by atoms with Gasteiger partial charge in [0.15, 0.2) is 0 Å². The van der Waals surface area contributed by atoms with E-state index in [0.717, 1.165) is 6.42 Å². The van der Waals surface area contributed by atoms with Crippen molar-refractivity contribution in [3.63, 3.8) is 0 Å². The summed E-state index contributed by atoms with van der Waals surface area (Å²) in [5.74, 6) is -2.19. The van der Waals surface area contributed by atoms with Gasteiger partial charge in [-0.3, -0.25) is 14.5 Å². The summed E-state index contributed by atoms with van der Waals surface area (Å²) in [5, 5.41) is 26.5. The first-order valence-corrected chi connectivity index (χ1v) is 4.79. The predicted octanol–water partition coefficient (Wildman–Crippen LogP) is -0.381. The maximum Gasteiger partial charge on any atom is 0.317 e. The Bertz CT molecular complexity index is 203. The van der Waals surface area contributed by atoms with Crippen molar-refractivity contribution in [3.05, 3.63) is 0 Å². The lowest BCUT2D eigenvalue weighted by Gasteiger charge is -2.21.